The van der Waals surface area contributed by atoms with Gasteiger partial charge in [-0.3, -0.25) is 9.69 Å². The summed E-state index contributed by atoms with van der Waals surface area (Å²) in [4.78, 5) is 15.6. The van der Waals surface area contributed by atoms with Crippen molar-refractivity contribution in [2.24, 2.45) is 0 Å². The fourth-order valence-corrected chi connectivity index (χ4v) is 4.13. The monoisotopic (exact) mass is 335 g/mol. The highest BCUT2D eigenvalue weighted by Crippen LogP contribution is 2.28. The molecule has 0 saturated carbocycles. The second-order valence-electron chi connectivity index (χ2n) is 7.51. The highest BCUT2D eigenvalue weighted by Gasteiger charge is 2.27. The molecule has 132 valence electrons. The molecule has 0 bridgehead atoms. The molecule has 0 aromatic heterocycles. The minimum absolute atomic E-state index is 0.128. The Kier molecular flexibility index (Phi) is 5.70. The van der Waals surface area contributed by atoms with Crippen molar-refractivity contribution in [3.8, 4) is 0 Å². The van der Waals surface area contributed by atoms with Crippen LogP contribution in [0.5, 0.6) is 0 Å². The third kappa shape index (κ3) is 4.01. The molecule has 1 saturated heterocycles. The van der Waals surface area contributed by atoms with Gasteiger partial charge in [0.25, 0.3) is 0 Å². The molecule has 2 nitrogen and oxygen atoms in total. The van der Waals surface area contributed by atoms with Gasteiger partial charge in [-0.2, -0.15) is 0 Å². The summed E-state index contributed by atoms with van der Waals surface area (Å²) in [6.45, 7) is 7.94. The van der Waals surface area contributed by atoms with Gasteiger partial charge in [0, 0.05) is 29.8 Å². The Morgan fingerprint density at radius 1 is 1.00 bits per heavy atom. The van der Waals surface area contributed by atoms with E-state index in [0.29, 0.717) is 18.0 Å². The van der Waals surface area contributed by atoms with Crippen LogP contribution in [-0.4, -0.2) is 29.3 Å². The average Bonchev–Trinajstić information content (AvgIpc) is 2.65. The second kappa shape index (κ2) is 7.97. The summed E-state index contributed by atoms with van der Waals surface area (Å²) in [7, 11) is 0. The van der Waals surface area contributed by atoms with Crippen molar-refractivity contribution in [2.75, 3.05) is 6.54 Å². The lowest BCUT2D eigenvalue weighted by Gasteiger charge is -2.40. The number of piperidine rings is 1. The molecule has 3 atom stereocenters. The topological polar surface area (TPSA) is 20.3 Å². The SMILES string of the molecule is CC(CN1C(C)CCCC1C)c1ccccc1C(=O)c1ccccc1. The maximum absolute atomic E-state index is 13.0. The van der Waals surface area contributed by atoms with E-state index >= 15 is 0 Å². The zero-order valence-corrected chi connectivity index (χ0v) is 15.6. The summed E-state index contributed by atoms with van der Waals surface area (Å²) in [5.41, 5.74) is 2.78. The van der Waals surface area contributed by atoms with Crippen LogP contribution in [0.25, 0.3) is 0 Å². The molecule has 1 fully saturated rings. The van der Waals surface area contributed by atoms with Crippen LogP contribution >= 0.6 is 0 Å². The number of rotatable bonds is 5. The Morgan fingerprint density at radius 3 is 2.28 bits per heavy atom. The zero-order chi connectivity index (χ0) is 17.8. The molecule has 0 N–H and O–H groups in total. The number of likely N-dealkylation sites (tertiary alicyclic amines) is 1. The Morgan fingerprint density at radius 2 is 1.60 bits per heavy atom. The van der Waals surface area contributed by atoms with E-state index in [9.17, 15) is 4.79 Å². The van der Waals surface area contributed by atoms with E-state index < -0.39 is 0 Å². The first kappa shape index (κ1) is 17.9. The van der Waals surface area contributed by atoms with E-state index in [4.69, 9.17) is 0 Å². The first-order chi connectivity index (χ1) is 12.1. The molecule has 1 heterocycles. The highest BCUT2D eigenvalue weighted by molar-refractivity contribution is 6.10. The second-order valence-corrected chi connectivity index (χ2v) is 7.51. The first-order valence-corrected chi connectivity index (χ1v) is 9.52. The summed E-state index contributed by atoms with van der Waals surface area (Å²) in [6.07, 6.45) is 3.89. The van der Waals surface area contributed by atoms with Gasteiger partial charge in [-0.05, 0) is 38.2 Å². The van der Waals surface area contributed by atoms with Crippen LogP contribution in [-0.2, 0) is 0 Å². The van der Waals surface area contributed by atoms with Crippen molar-refractivity contribution in [1.29, 1.82) is 0 Å². The van der Waals surface area contributed by atoms with E-state index in [1.165, 1.54) is 24.8 Å². The van der Waals surface area contributed by atoms with Crippen LogP contribution in [0, 0.1) is 0 Å². The van der Waals surface area contributed by atoms with Crippen LogP contribution in [0.15, 0.2) is 54.6 Å². The quantitative estimate of drug-likeness (QED) is 0.693. The number of hydrogen-bond acceptors (Lipinski definition) is 2. The normalized spacial score (nSPS) is 22.5. The van der Waals surface area contributed by atoms with Gasteiger partial charge in [0.15, 0.2) is 5.78 Å². The molecule has 2 aromatic rings. The fourth-order valence-electron chi connectivity index (χ4n) is 4.13. The predicted octanol–water partition coefficient (Wildman–Crippen LogP) is 5.28. The molecule has 0 amide bonds. The molecule has 0 aliphatic carbocycles. The van der Waals surface area contributed by atoms with E-state index in [2.05, 4.69) is 37.8 Å². The number of benzene rings is 2. The molecule has 2 aromatic carbocycles. The minimum Gasteiger partial charge on any atom is -0.297 e. The Bertz CT molecular complexity index is 699. The van der Waals surface area contributed by atoms with Gasteiger partial charge < -0.3 is 0 Å². The summed E-state index contributed by atoms with van der Waals surface area (Å²) in [5.74, 6) is 0.467. The predicted molar refractivity (Wildman–Crippen MR) is 104 cm³/mol. The Balaban J connectivity index is 1.84. The zero-order valence-electron chi connectivity index (χ0n) is 15.6. The van der Waals surface area contributed by atoms with Crippen molar-refractivity contribution in [2.45, 2.75) is 58.0 Å². The summed E-state index contributed by atoms with van der Waals surface area (Å²) >= 11 is 0. The highest BCUT2D eigenvalue weighted by atomic mass is 16.1. The maximum atomic E-state index is 13.0. The van der Waals surface area contributed by atoms with Crippen LogP contribution in [0.4, 0.5) is 0 Å². The van der Waals surface area contributed by atoms with Crippen molar-refractivity contribution in [1.82, 2.24) is 4.90 Å². The van der Waals surface area contributed by atoms with Crippen molar-refractivity contribution in [3.63, 3.8) is 0 Å². The lowest BCUT2D eigenvalue weighted by Crippen LogP contribution is -2.45. The first-order valence-electron chi connectivity index (χ1n) is 9.52. The van der Waals surface area contributed by atoms with Gasteiger partial charge in [-0.1, -0.05) is 67.9 Å². The smallest absolute Gasteiger partial charge is 0.193 e. The van der Waals surface area contributed by atoms with E-state index in [1.807, 2.05) is 42.5 Å². The van der Waals surface area contributed by atoms with Crippen LogP contribution < -0.4 is 0 Å². The van der Waals surface area contributed by atoms with Gasteiger partial charge >= 0.3 is 0 Å². The standard InChI is InChI=1S/C23H29NO/c1-17(16-24-18(2)10-9-11-19(24)3)21-14-7-8-15-22(21)23(25)20-12-5-4-6-13-20/h4-8,12-15,17-19H,9-11,16H2,1-3H3. The van der Waals surface area contributed by atoms with Gasteiger partial charge in [-0.15, -0.1) is 0 Å². The molecule has 1 aliphatic heterocycles. The average molecular weight is 335 g/mol. The van der Waals surface area contributed by atoms with Crippen LogP contribution in [0.1, 0.15) is 67.4 Å². The third-order valence-corrected chi connectivity index (χ3v) is 5.63. The molecule has 0 radical (unpaired) electrons. The van der Waals surface area contributed by atoms with Crippen molar-refractivity contribution >= 4 is 5.78 Å². The minimum atomic E-state index is 0.128. The summed E-state index contributed by atoms with van der Waals surface area (Å²) < 4.78 is 0. The molecule has 0 spiro atoms. The number of ketones is 1. The Labute approximate surface area is 151 Å². The van der Waals surface area contributed by atoms with Crippen molar-refractivity contribution < 1.29 is 4.79 Å². The third-order valence-electron chi connectivity index (χ3n) is 5.63. The number of hydrogen-bond donors (Lipinski definition) is 0. The number of carbonyl (C=O) groups excluding carboxylic acids is 1. The molecular formula is C23H29NO. The van der Waals surface area contributed by atoms with Gasteiger partial charge in [0.1, 0.15) is 0 Å². The van der Waals surface area contributed by atoms with E-state index in [-0.39, 0.29) is 5.78 Å². The fraction of sp³-hybridized carbons (Fsp3) is 0.435. The molecule has 25 heavy (non-hydrogen) atoms. The van der Waals surface area contributed by atoms with Crippen LogP contribution in [0.2, 0.25) is 0 Å². The van der Waals surface area contributed by atoms with E-state index in [1.54, 1.807) is 0 Å². The molecule has 3 unspecified atom stereocenters. The molecular weight excluding hydrogens is 306 g/mol. The largest absolute Gasteiger partial charge is 0.297 e. The number of nitrogens with zero attached hydrogens (tertiary/aromatic N) is 1. The molecule has 3 rings (SSSR count). The lowest BCUT2D eigenvalue weighted by atomic mass is 9.89. The lowest BCUT2D eigenvalue weighted by molar-refractivity contribution is 0.0968. The summed E-state index contributed by atoms with van der Waals surface area (Å²) in [6, 6.07) is 19.0. The van der Waals surface area contributed by atoms with Crippen LogP contribution in [0.3, 0.4) is 0 Å². The molecule has 2 heteroatoms. The maximum Gasteiger partial charge on any atom is 0.193 e. The molecule has 1 aliphatic rings. The summed E-state index contributed by atoms with van der Waals surface area (Å²) in [5, 5.41) is 0. The van der Waals surface area contributed by atoms with Gasteiger partial charge in [0.2, 0.25) is 0 Å². The van der Waals surface area contributed by atoms with Crippen molar-refractivity contribution in [3.05, 3.63) is 71.3 Å². The van der Waals surface area contributed by atoms with Gasteiger partial charge in [0.05, 0.1) is 0 Å². The number of carbonyl (C=O) groups is 1. The van der Waals surface area contributed by atoms with E-state index in [0.717, 1.165) is 17.7 Å². The van der Waals surface area contributed by atoms with Gasteiger partial charge in [-0.25, -0.2) is 0 Å². The Hall–Kier alpha value is -1.93.